The third-order valence-corrected chi connectivity index (χ3v) is 6.56. The van der Waals surface area contributed by atoms with Crippen molar-refractivity contribution in [2.24, 2.45) is 0 Å². The number of aromatic carboxylic acids is 1. The Balaban J connectivity index is 0.000000764. The minimum atomic E-state index is -0.924. The second kappa shape index (κ2) is 8.96. The predicted molar refractivity (Wildman–Crippen MR) is 127 cm³/mol. The van der Waals surface area contributed by atoms with Gasteiger partial charge in [0.2, 0.25) is 5.36 Å². The number of carboxylic acid groups (broad SMARTS) is 1. The van der Waals surface area contributed by atoms with E-state index in [1.165, 1.54) is 12.8 Å². The van der Waals surface area contributed by atoms with Crippen LogP contribution in [-0.2, 0) is 9.59 Å². The molecular weight excluding hydrogens is 432 g/mol. The fourth-order valence-corrected chi connectivity index (χ4v) is 4.59. The smallest absolute Gasteiger partial charge is 0.373 e. The number of anilines is 1. The summed E-state index contributed by atoms with van der Waals surface area (Å²) < 4.78 is 8.76. The van der Waals surface area contributed by atoms with Crippen molar-refractivity contribution in [1.29, 1.82) is 0 Å². The molecule has 0 amide bonds. The Morgan fingerprint density at radius 2 is 1.71 bits per heavy atom. The van der Waals surface area contributed by atoms with Crippen molar-refractivity contribution >= 4 is 28.8 Å². The van der Waals surface area contributed by atoms with Gasteiger partial charge < -0.3 is 14.4 Å². The van der Waals surface area contributed by atoms with Crippen LogP contribution in [0.15, 0.2) is 65.1 Å². The quantitative estimate of drug-likeness (QED) is 0.374. The van der Waals surface area contributed by atoms with Crippen molar-refractivity contribution in [2.45, 2.75) is 12.8 Å². The van der Waals surface area contributed by atoms with E-state index >= 15 is 0 Å². The summed E-state index contributed by atoms with van der Waals surface area (Å²) in [5, 5.41) is 11.9. The molecule has 2 aromatic carbocycles. The van der Waals surface area contributed by atoms with Crippen molar-refractivity contribution < 1.29 is 23.9 Å². The SMILES string of the molecule is O=C(O)c1ccccc1-c1c2ccc(=[N+]3CCC3)cc-2oc2cc(N3CCC3)ccc12.O=C=O. The molecule has 170 valence electrons. The maximum atomic E-state index is 12.0. The Morgan fingerprint density at radius 1 is 0.941 bits per heavy atom. The topological polar surface area (TPSA) is 90.8 Å². The van der Waals surface area contributed by atoms with Gasteiger partial charge in [0, 0.05) is 47.4 Å². The molecule has 7 nitrogen and oxygen atoms in total. The summed E-state index contributed by atoms with van der Waals surface area (Å²) in [6.45, 7) is 4.25. The van der Waals surface area contributed by atoms with Crippen molar-refractivity contribution in [1.82, 2.24) is 4.58 Å². The van der Waals surface area contributed by atoms with Gasteiger partial charge >= 0.3 is 12.1 Å². The van der Waals surface area contributed by atoms with E-state index in [0.717, 1.165) is 65.1 Å². The van der Waals surface area contributed by atoms with E-state index < -0.39 is 5.97 Å². The summed E-state index contributed by atoms with van der Waals surface area (Å²) in [7, 11) is 0. The lowest BCUT2D eigenvalue weighted by Crippen LogP contribution is -2.40. The van der Waals surface area contributed by atoms with Crippen molar-refractivity contribution in [3.05, 3.63) is 71.6 Å². The van der Waals surface area contributed by atoms with E-state index in [9.17, 15) is 9.90 Å². The highest BCUT2D eigenvalue weighted by molar-refractivity contribution is 6.07. The second-order valence-electron chi connectivity index (χ2n) is 8.45. The van der Waals surface area contributed by atoms with Crippen LogP contribution in [0.25, 0.3) is 33.4 Å². The van der Waals surface area contributed by atoms with Gasteiger partial charge in [-0.25, -0.2) is 9.37 Å². The van der Waals surface area contributed by atoms with E-state index in [4.69, 9.17) is 14.0 Å². The van der Waals surface area contributed by atoms with Crippen LogP contribution < -0.4 is 14.8 Å². The monoisotopic (exact) mass is 455 g/mol. The Bertz CT molecular complexity index is 1470. The minimum Gasteiger partial charge on any atom is -0.478 e. The molecule has 0 unspecified atom stereocenters. The van der Waals surface area contributed by atoms with Gasteiger partial charge in [0.05, 0.1) is 18.1 Å². The maximum Gasteiger partial charge on any atom is 0.373 e. The van der Waals surface area contributed by atoms with Crippen molar-refractivity contribution in [2.75, 3.05) is 31.1 Å². The predicted octanol–water partition coefficient (Wildman–Crippen LogP) is 3.71. The number of hydrogen-bond donors (Lipinski definition) is 1. The summed E-state index contributed by atoms with van der Waals surface area (Å²) in [4.78, 5) is 30.6. The first-order chi connectivity index (χ1) is 16.6. The number of nitrogens with zero attached hydrogens (tertiary/aromatic N) is 2. The molecule has 34 heavy (non-hydrogen) atoms. The third kappa shape index (κ3) is 3.76. The number of carbonyl (C=O) groups excluding carboxylic acids is 2. The molecule has 0 radical (unpaired) electrons. The Kier molecular flexibility index (Phi) is 5.70. The molecule has 1 aliphatic carbocycles. The first-order valence-corrected chi connectivity index (χ1v) is 11.3. The molecule has 6 rings (SSSR count). The van der Waals surface area contributed by atoms with Crippen LogP contribution >= 0.6 is 0 Å². The highest BCUT2D eigenvalue weighted by Crippen LogP contribution is 2.42. The van der Waals surface area contributed by atoms with E-state index in [2.05, 4.69) is 45.9 Å². The number of rotatable bonds is 3. The number of carbonyl (C=O) groups is 1. The van der Waals surface area contributed by atoms with Crippen LogP contribution in [0.5, 0.6) is 0 Å². The molecule has 0 bridgehead atoms. The Hall–Kier alpha value is -4.22. The van der Waals surface area contributed by atoms with Crippen molar-refractivity contribution in [3.63, 3.8) is 0 Å². The normalized spacial score (nSPS) is 14.6. The molecule has 3 heterocycles. The molecule has 1 N–H and O–H groups in total. The molecule has 0 saturated carbocycles. The van der Waals surface area contributed by atoms with Crippen LogP contribution in [0.3, 0.4) is 0 Å². The summed E-state index contributed by atoms with van der Waals surface area (Å²) in [5.41, 5.74) is 4.80. The van der Waals surface area contributed by atoms with E-state index in [1.807, 2.05) is 12.1 Å². The first kappa shape index (κ1) is 21.6. The second-order valence-corrected chi connectivity index (χ2v) is 8.45. The van der Waals surface area contributed by atoms with Gasteiger partial charge in [-0.15, -0.1) is 0 Å². The van der Waals surface area contributed by atoms with Gasteiger partial charge in [-0.2, -0.15) is 9.59 Å². The first-order valence-electron chi connectivity index (χ1n) is 11.3. The molecule has 3 aliphatic heterocycles. The molecular formula is C27H23N2O5+. The van der Waals surface area contributed by atoms with Crippen LogP contribution in [0.2, 0.25) is 0 Å². The molecule has 4 aliphatic rings. The fourth-order valence-electron chi connectivity index (χ4n) is 4.59. The molecule has 0 spiro atoms. The van der Waals surface area contributed by atoms with Crippen LogP contribution in [0, 0.1) is 0 Å². The van der Waals surface area contributed by atoms with Gasteiger partial charge in [-0.1, -0.05) is 18.2 Å². The standard InChI is InChI=1S/C26H22N2O3.CO2/c29-26(30)20-6-2-1-5-19(20)25-21-9-7-17(27-11-3-12-27)15-23(21)31-24-16-18(8-10-22(24)25)28-13-4-14-28;2-1-3/h1-2,5-10,15-16H,3-4,11-14H2;/p+1. The summed E-state index contributed by atoms with van der Waals surface area (Å²) >= 11 is 0. The third-order valence-electron chi connectivity index (χ3n) is 6.56. The Morgan fingerprint density at radius 3 is 2.35 bits per heavy atom. The fraction of sp³-hybridized carbons (Fsp3) is 0.222. The molecule has 0 aromatic heterocycles. The molecule has 2 aromatic rings. The lowest BCUT2D eigenvalue weighted by Gasteiger charge is -2.33. The highest BCUT2D eigenvalue weighted by Gasteiger charge is 2.24. The van der Waals surface area contributed by atoms with Gasteiger partial charge in [0.25, 0.3) is 0 Å². The zero-order chi connectivity index (χ0) is 23.7. The van der Waals surface area contributed by atoms with Gasteiger partial charge in [-0.05, 0) is 36.2 Å². The lowest BCUT2D eigenvalue weighted by atomic mass is 9.90. The largest absolute Gasteiger partial charge is 0.478 e. The molecule has 7 heteroatoms. The lowest BCUT2D eigenvalue weighted by molar-refractivity contribution is -0.191. The number of benzene rings is 3. The van der Waals surface area contributed by atoms with E-state index in [0.29, 0.717) is 11.1 Å². The maximum absolute atomic E-state index is 12.0. The summed E-state index contributed by atoms with van der Waals surface area (Å²) in [6, 6.07) is 19.8. The van der Waals surface area contributed by atoms with Gasteiger partial charge in [-0.3, -0.25) is 0 Å². The van der Waals surface area contributed by atoms with Crippen molar-refractivity contribution in [3.8, 4) is 22.5 Å². The zero-order valence-electron chi connectivity index (χ0n) is 18.5. The summed E-state index contributed by atoms with van der Waals surface area (Å²) in [6.07, 6.45) is 2.67. The number of hydrogen-bond acceptors (Lipinski definition) is 5. The average molecular weight is 455 g/mol. The van der Waals surface area contributed by atoms with Gasteiger partial charge in [0.15, 0.2) is 0 Å². The van der Waals surface area contributed by atoms with E-state index in [1.54, 1.807) is 12.1 Å². The van der Waals surface area contributed by atoms with E-state index in [-0.39, 0.29) is 6.15 Å². The number of fused-ring (bicyclic) bond motifs is 2. The number of carboxylic acids is 1. The Labute approximate surface area is 195 Å². The molecule has 0 atom stereocenters. The van der Waals surface area contributed by atoms with Crippen LogP contribution in [0.4, 0.5) is 5.69 Å². The van der Waals surface area contributed by atoms with Crippen LogP contribution in [0.1, 0.15) is 23.2 Å². The van der Waals surface area contributed by atoms with Crippen LogP contribution in [-0.4, -0.2) is 43.4 Å². The molecule has 2 fully saturated rings. The zero-order valence-corrected chi connectivity index (χ0v) is 18.5. The highest BCUT2D eigenvalue weighted by atomic mass is 16.4. The van der Waals surface area contributed by atoms with Gasteiger partial charge in [0.1, 0.15) is 24.4 Å². The minimum absolute atomic E-state index is 0.250. The molecule has 2 saturated heterocycles. The summed E-state index contributed by atoms with van der Waals surface area (Å²) in [5.74, 6) is -0.139. The average Bonchev–Trinajstić information content (AvgIpc) is 2.75.